The summed E-state index contributed by atoms with van der Waals surface area (Å²) in [6.07, 6.45) is 10.8. The van der Waals surface area contributed by atoms with Crippen LogP contribution in [-0.4, -0.2) is 38.1 Å². The first-order chi connectivity index (χ1) is 14.3. The summed E-state index contributed by atoms with van der Waals surface area (Å²) < 4.78 is 43.4. The Bertz CT molecular complexity index is 798. The second-order valence-corrected chi connectivity index (χ2v) is 9.85. The van der Waals surface area contributed by atoms with Crippen molar-refractivity contribution in [3.63, 3.8) is 0 Å². The molecule has 0 aromatic heterocycles. The van der Waals surface area contributed by atoms with Gasteiger partial charge in [0.15, 0.2) is 0 Å². The number of carbonyl (C=O) groups excluding carboxylic acids is 2. The highest BCUT2D eigenvalue weighted by atomic mass is 32.2. The van der Waals surface area contributed by atoms with E-state index in [1.54, 1.807) is 0 Å². The summed E-state index contributed by atoms with van der Waals surface area (Å²) in [7, 11) is -4.60. The van der Waals surface area contributed by atoms with Crippen LogP contribution in [0.2, 0.25) is 0 Å². The second-order valence-electron chi connectivity index (χ2n) is 8.43. The SMILES string of the molecule is O=C(OCC1CCCCC1)c1cc(C(=O)OCC2CCCCC2)cc(S(=O)(=O)O)c1. The van der Waals surface area contributed by atoms with E-state index < -0.39 is 27.0 Å². The maximum absolute atomic E-state index is 12.5. The summed E-state index contributed by atoms with van der Waals surface area (Å²) in [5.74, 6) is -0.834. The fraction of sp³-hybridized carbons (Fsp3) is 0.636. The smallest absolute Gasteiger partial charge is 0.338 e. The number of hydrogen-bond acceptors (Lipinski definition) is 6. The third-order valence-electron chi connectivity index (χ3n) is 6.03. The van der Waals surface area contributed by atoms with E-state index in [9.17, 15) is 22.6 Å². The first-order valence-electron chi connectivity index (χ1n) is 10.8. The molecule has 166 valence electrons. The Hall–Kier alpha value is -1.93. The van der Waals surface area contributed by atoms with Gasteiger partial charge in [-0.05, 0) is 55.7 Å². The van der Waals surface area contributed by atoms with Crippen LogP contribution in [0.3, 0.4) is 0 Å². The zero-order valence-corrected chi connectivity index (χ0v) is 18.0. The summed E-state index contributed by atoms with van der Waals surface area (Å²) in [6, 6.07) is 3.31. The van der Waals surface area contributed by atoms with Crippen molar-refractivity contribution in [3.8, 4) is 0 Å². The summed E-state index contributed by atoms with van der Waals surface area (Å²) >= 11 is 0. The summed E-state index contributed by atoms with van der Waals surface area (Å²) in [5.41, 5.74) is -0.184. The molecule has 2 aliphatic rings. The van der Waals surface area contributed by atoms with Gasteiger partial charge in [-0.15, -0.1) is 0 Å². The van der Waals surface area contributed by atoms with Gasteiger partial charge in [0.2, 0.25) is 0 Å². The Kier molecular flexibility index (Phi) is 7.88. The monoisotopic (exact) mass is 438 g/mol. The van der Waals surface area contributed by atoms with Crippen LogP contribution in [-0.2, 0) is 19.6 Å². The van der Waals surface area contributed by atoms with Crippen LogP contribution in [0.25, 0.3) is 0 Å². The molecule has 0 spiro atoms. The first-order valence-corrected chi connectivity index (χ1v) is 12.2. The summed E-state index contributed by atoms with van der Waals surface area (Å²) in [6.45, 7) is 0.521. The van der Waals surface area contributed by atoms with Gasteiger partial charge in [-0.1, -0.05) is 38.5 Å². The molecular weight excluding hydrogens is 408 g/mol. The normalized spacial score (nSPS) is 18.7. The Morgan fingerprint density at radius 2 is 1.17 bits per heavy atom. The van der Waals surface area contributed by atoms with Crippen molar-refractivity contribution in [2.24, 2.45) is 11.8 Å². The van der Waals surface area contributed by atoms with E-state index in [0.717, 1.165) is 63.5 Å². The van der Waals surface area contributed by atoms with Gasteiger partial charge < -0.3 is 9.47 Å². The van der Waals surface area contributed by atoms with Gasteiger partial charge in [0.05, 0.1) is 29.2 Å². The first kappa shape index (κ1) is 22.7. The molecule has 0 unspecified atom stereocenters. The Labute approximate surface area is 177 Å². The van der Waals surface area contributed by atoms with Gasteiger partial charge in [-0.3, -0.25) is 4.55 Å². The Balaban J connectivity index is 1.70. The van der Waals surface area contributed by atoms with E-state index in [2.05, 4.69) is 0 Å². The molecule has 0 radical (unpaired) electrons. The van der Waals surface area contributed by atoms with Crippen LogP contribution >= 0.6 is 0 Å². The number of carbonyl (C=O) groups is 2. The van der Waals surface area contributed by atoms with Crippen molar-refractivity contribution in [3.05, 3.63) is 29.3 Å². The van der Waals surface area contributed by atoms with Gasteiger partial charge in [0.25, 0.3) is 10.1 Å². The molecule has 1 N–H and O–H groups in total. The third-order valence-corrected chi connectivity index (χ3v) is 6.86. The van der Waals surface area contributed by atoms with Crippen LogP contribution < -0.4 is 0 Å². The van der Waals surface area contributed by atoms with Crippen molar-refractivity contribution in [2.75, 3.05) is 13.2 Å². The average molecular weight is 439 g/mol. The van der Waals surface area contributed by atoms with Crippen LogP contribution in [0.5, 0.6) is 0 Å². The van der Waals surface area contributed by atoms with Gasteiger partial charge >= 0.3 is 11.9 Å². The van der Waals surface area contributed by atoms with E-state index in [1.807, 2.05) is 0 Å². The van der Waals surface area contributed by atoms with E-state index in [1.165, 1.54) is 18.9 Å². The Morgan fingerprint density at radius 1 is 0.767 bits per heavy atom. The van der Waals surface area contributed by atoms with Crippen LogP contribution in [0.15, 0.2) is 23.1 Å². The lowest BCUT2D eigenvalue weighted by Crippen LogP contribution is -2.19. The number of esters is 2. The molecule has 2 aliphatic carbocycles. The van der Waals surface area contributed by atoms with Crippen LogP contribution in [0.1, 0.15) is 84.9 Å². The number of benzene rings is 1. The molecule has 2 saturated carbocycles. The molecule has 0 amide bonds. The maximum atomic E-state index is 12.5. The minimum Gasteiger partial charge on any atom is -0.462 e. The zero-order chi connectivity index (χ0) is 21.6. The molecule has 1 aromatic rings. The topological polar surface area (TPSA) is 107 Å². The van der Waals surface area contributed by atoms with Crippen molar-refractivity contribution in [2.45, 2.75) is 69.1 Å². The number of hydrogen-bond donors (Lipinski definition) is 1. The highest BCUT2D eigenvalue weighted by Gasteiger charge is 2.23. The highest BCUT2D eigenvalue weighted by molar-refractivity contribution is 7.85. The van der Waals surface area contributed by atoms with Gasteiger partial charge in [-0.2, -0.15) is 8.42 Å². The zero-order valence-electron chi connectivity index (χ0n) is 17.2. The predicted octanol–water partition coefficient (Wildman–Crippen LogP) is 4.41. The number of rotatable bonds is 7. The predicted molar refractivity (Wildman–Crippen MR) is 110 cm³/mol. The summed E-state index contributed by atoms with van der Waals surface area (Å²) in [4.78, 5) is 24.5. The molecule has 2 fully saturated rings. The van der Waals surface area contributed by atoms with Gasteiger partial charge in [0.1, 0.15) is 0 Å². The maximum Gasteiger partial charge on any atom is 0.338 e. The van der Waals surface area contributed by atoms with Crippen LogP contribution in [0.4, 0.5) is 0 Å². The van der Waals surface area contributed by atoms with Crippen LogP contribution in [0, 0.1) is 11.8 Å². The molecule has 0 saturated heterocycles. The van der Waals surface area contributed by atoms with E-state index in [-0.39, 0.29) is 24.3 Å². The fourth-order valence-electron chi connectivity index (χ4n) is 4.25. The molecule has 1 aromatic carbocycles. The summed E-state index contributed by atoms with van der Waals surface area (Å²) in [5, 5.41) is 0. The minimum absolute atomic E-state index is 0.0921. The van der Waals surface area contributed by atoms with Crippen molar-refractivity contribution in [1.29, 1.82) is 0 Å². The van der Waals surface area contributed by atoms with Gasteiger partial charge in [-0.25, -0.2) is 9.59 Å². The largest absolute Gasteiger partial charge is 0.462 e. The Morgan fingerprint density at radius 3 is 1.53 bits per heavy atom. The molecule has 0 heterocycles. The van der Waals surface area contributed by atoms with Crippen molar-refractivity contribution in [1.82, 2.24) is 0 Å². The lowest BCUT2D eigenvalue weighted by Gasteiger charge is -2.21. The van der Waals surface area contributed by atoms with Gasteiger partial charge in [0, 0.05) is 0 Å². The molecule has 0 bridgehead atoms. The number of ether oxygens (including phenoxy) is 2. The lowest BCUT2D eigenvalue weighted by molar-refractivity contribution is 0.0407. The molecule has 8 heteroatoms. The van der Waals surface area contributed by atoms with Crippen molar-refractivity contribution >= 4 is 22.1 Å². The molecule has 7 nitrogen and oxygen atoms in total. The fourth-order valence-corrected chi connectivity index (χ4v) is 4.80. The molecule has 0 atom stereocenters. The average Bonchev–Trinajstić information content (AvgIpc) is 2.76. The quantitative estimate of drug-likeness (QED) is 0.496. The van der Waals surface area contributed by atoms with E-state index in [0.29, 0.717) is 11.8 Å². The molecule has 30 heavy (non-hydrogen) atoms. The second kappa shape index (κ2) is 10.4. The van der Waals surface area contributed by atoms with E-state index in [4.69, 9.17) is 9.47 Å². The highest BCUT2D eigenvalue weighted by Crippen LogP contribution is 2.26. The standard InChI is InChI=1S/C22H30O7S/c23-21(28-14-16-7-3-1-4-8-16)18-11-19(13-20(12-18)30(25,26)27)22(24)29-15-17-9-5-2-6-10-17/h11-13,16-17H,1-10,14-15H2,(H,25,26,27). The van der Waals surface area contributed by atoms with Crippen molar-refractivity contribution < 1.29 is 32.0 Å². The lowest BCUT2D eigenvalue weighted by atomic mass is 9.90. The molecule has 3 rings (SSSR count). The van der Waals surface area contributed by atoms with E-state index >= 15 is 0 Å². The molecule has 0 aliphatic heterocycles. The molecular formula is C22H30O7S. The minimum atomic E-state index is -4.60. The third kappa shape index (κ3) is 6.54.